The van der Waals surface area contributed by atoms with Gasteiger partial charge in [-0.05, 0) is 24.7 Å². The molecule has 4 heteroatoms. The van der Waals surface area contributed by atoms with Crippen LogP contribution in [0.4, 0.5) is 0 Å². The molecular weight excluding hydrogens is 532 g/mol. The van der Waals surface area contributed by atoms with Gasteiger partial charge in [0.1, 0.15) is 0 Å². The molecule has 256 valence electrons. The minimum absolute atomic E-state index is 0.114. The summed E-state index contributed by atoms with van der Waals surface area (Å²) >= 11 is 0. The molecular formula is C39H76O4. The quantitative estimate of drug-likeness (QED) is 0.0538. The van der Waals surface area contributed by atoms with Crippen molar-refractivity contribution in [2.24, 2.45) is 11.8 Å². The molecule has 0 amide bonds. The van der Waals surface area contributed by atoms with Crippen molar-refractivity contribution < 1.29 is 19.1 Å². The largest absolute Gasteiger partial charge is 0.466 e. The Morgan fingerprint density at radius 3 is 0.837 bits per heavy atom. The number of hydrogen-bond donors (Lipinski definition) is 0. The Hall–Kier alpha value is -1.06. The van der Waals surface area contributed by atoms with Crippen LogP contribution in [0, 0.1) is 11.8 Å². The standard InChI is InChI=1S/C39H76O4/c1-36(2)30-25-21-17-13-9-5-7-11-15-19-23-27-32-38(40)42-34-29-35-43-39(41)33-28-24-20-16-12-8-6-10-14-18-22-26-31-37(3)4/h36-37H,5-35H2,1-4H3. The van der Waals surface area contributed by atoms with Crippen LogP contribution in [0.2, 0.25) is 0 Å². The second kappa shape index (κ2) is 33.8. The van der Waals surface area contributed by atoms with Crippen LogP contribution < -0.4 is 0 Å². The summed E-state index contributed by atoms with van der Waals surface area (Å²) in [6.07, 6.45) is 35.6. The van der Waals surface area contributed by atoms with Gasteiger partial charge in [0.15, 0.2) is 0 Å². The summed E-state index contributed by atoms with van der Waals surface area (Å²) < 4.78 is 10.6. The Labute approximate surface area is 269 Å². The number of rotatable bonds is 34. The monoisotopic (exact) mass is 609 g/mol. The van der Waals surface area contributed by atoms with Crippen LogP contribution in [0.3, 0.4) is 0 Å². The number of carbonyl (C=O) groups is 2. The van der Waals surface area contributed by atoms with Gasteiger partial charge in [-0.1, -0.05) is 182 Å². The van der Waals surface area contributed by atoms with Crippen molar-refractivity contribution in [2.75, 3.05) is 13.2 Å². The molecule has 0 N–H and O–H groups in total. The van der Waals surface area contributed by atoms with E-state index in [0.29, 0.717) is 32.5 Å². The van der Waals surface area contributed by atoms with Gasteiger partial charge in [-0.3, -0.25) is 9.59 Å². The first kappa shape index (κ1) is 41.9. The molecule has 0 aliphatic rings. The molecule has 0 fully saturated rings. The van der Waals surface area contributed by atoms with Crippen LogP contribution in [-0.4, -0.2) is 25.2 Å². The van der Waals surface area contributed by atoms with E-state index >= 15 is 0 Å². The van der Waals surface area contributed by atoms with E-state index in [0.717, 1.165) is 37.5 Å². The van der Waals surface area contributed by atoms with Gasteiger partial charge in [0, 0.05) is 19.3 Å². The van der Waals surface area contributed by atoms with Crippen LogP contribution in [-0.2, 0) is 19.1 Å². The molecule has 0 spiro atoms. The van der Waals surface area contributed by atoms with E-state index in [1.165, 1.54) is 141 Å². The number of carbonyl (C=O) groups excluding carboxylic acids is 2. The first-order chi connectivity index (χ1) is 20.9. The molecule has 0 aromatic carbocycles. The Kier molecular flexibility index (Phi) is 33.0. The van der Waals surface area contributed by atoms with E-state index in [1.807, 2.05) is 0 Å². The summed E-state index contributed by atoms with van der Waals surface area (Å²) in [4.78, 5) is 23.8. The summed E-state index contributed by atoms with van der Waals surface area (Å²) in [7, 11) is 0. The van der Waals surface area contributed by atoms with E-state index in [1.54, 1.807) is 0 Å². The van der Waals surface area contributed by atoms with Crippen LogP contribution >= 0.6 is 0 Å². The normalized spacial score (nSPS) is 11.5. The van der Waals surface area contributed by atoms with E-state index in [9.17, 15) is 9.59 Å². The third kappa shape index (κ3) is 37.0. The number of hydrogen-bond acceptors (Lipinski definition) is 4. The average molecular weight is 609 g/mol. The van der Waals surface area contributed by atoms with Crippen LogP contribution in [0.1, 0.15) is 214 Å². The van der Waals surface area contributed by atoms with Gasteiger partial charge in [-0.2, -0.15) is 0 Å². The maximum Gasteiger partial charge on any atom is 0.305 e. The molecule has 0 saturated carbocycles. The lowest BCUT2D eigenvalue weighted by atomic mass is 10.0. The predicted molar refractivity (Wildman–Crippen MR) is 185 cm³/mol. The zero-order valence-electron chi connectivity index (χ0n) is 29.7. The van der Waals surface area contributed by atoms with Crippen molar-refractivity contribution in [3.8, 4) is 0 Å². The molecule has 0 bridgehead atoms. The SMILES string of the molecule is CC(C)CCCCCCCCCCCCCCC(=O)OCCCOC(=O)CCCCCCCCCCCCCCC(C)C. The number of ether oxygens (including phenoxy) is 2. The Balaban J connectivity index is 3.27. The zero-order valence-corrected chi connectivity index (χ0v) is 29.7. The van der Waals surface area contributed by atoms with Crippen molar-refractivity contribution in [2.45, 2.75) is 214 Å². The van der Waals surface area contributed by atoms with E-state index in [4.69, 9.17) is 9.47 Å². The molecule has 0 saturated heterocycles. The van der Waals surface area contributed by atoms with Gasteiger partial charge < -0.3 is 9.47 Å². The molecule has 0 aromatic rings. The van der Waals surface area contributed by atoms with Crippen molar-refractivity contribution >= 4 is 11.9 Å². The van der Waals surface area contributed by atoms with Gasteiger partial charge >= 0.3 is 11.9 Å². The number of unbranched alkanes of at least 4 members (excludes halogenated alkanes) is 22. The van der Waals surface area contributed by atoms with Crippen molar-refractivity contribution in [1.29, 1.82) is 0 Å². The molecule has 4 nitrogen and oxygen atoms in total. The maximum atomic E-state index is 11.9. The van der Waals surface area contributed by atoms with Crippen molar-refractivity contribution in [1.82, 2.24) is 0 Å². The van der Waals surface area contributed by atoms with E-state index in [-0.39, 0.29) is 11.9 Å². The van der Waals surface area contributed by atoms with Gasteiger partial charge in [0.25, 0.3) is 0 Å². The topological polar surface area (TPSA) is 52.6 Å². The van der Waals surface area contributed by atoms with E-state index in [2.05, 4.69) is 27.7 Å². The summed E-state index contributed by atoms with van der Waals surface area (Å²) in [5.41, 5.74) is 0. The summed E-state index contributed by atoms with van der Waals surface area (Å²) in [5.74, 6) is 1.48. The molecule has 0 aliphatic heterocycles. The lowest BCUT2D eigenvalue weighted by Crippen LogP contribution is -2.10. The van der Waals surface area contributed by atoms with Gasteiger partial charge in [-0.15, -0.1) is 0 Å². The lowest BCUT2D eigenvalue weighted by Gasteiger charge is -2.07. The summed E-state index contributed by atoms with van der Waals surface area (Å²) in [5, 5.41) is 0. The fraction of sp³-hybridized carbons (Fsp3) is 0.949. The Bertz CT molecular complexity index is 536. The molecule has 0 rings (SSSR count). The molecule has 0 atom stereocenters. The van der Waals surface area contributed by atoms with Gasteiger partial charge in [-0.25, -0.2) is 0 Å². The third-order valence-electron chi connectivity index (χ3n) is 8.64. The molecule has 0 aromatic heterocycles. The van der Waals surface area contributed by atoms with E-state index < -0.39 is 0 Å². The molecule has 0 aliphatic carbocycles. The summed E-state index contributed by atoms with van der Waals surface area (Å²) in [6, 6.07) is 0. The second-order valence-corrected chi connectivity index (χ2v) is 14.1. The maximum absolute atomic E-state index is 11.9. The highest BCUT2D eigenvalue weighted by molar-refractivity contribution is 5.69. The van der Waals surface area contributed by atoms with Crippen LogP contribution in [0.25, 0.3) is 0 Å². The smallest absolute Gasteiger partial charge is 0.305 e. The average Bonchev–Trinajstić information content (AvgIpc) is 2.97. The highest BCUT2D eigenvalue weighted by Gasteiger charge is 2.05. The minimum atomic E-state index is -0.114. The molecule has 0 radical (unpaired) electrons. The highest BCUT2D eigenvalue weighted by Crippen LogP contribution is 2.16. The fourth-order valence-electron chi connectivity index (χ4n) is 5.75. The van der Waals surface area contributed by atoms with Gasteiger partial charge in [0.05, 0.1) is 13.2 Å². The lowest BCUT2D eigenvalue weighted by molar-refractivity contribution is -0.146. The first-order valence-electron chi connectivity index (χ1n) is 19.2. The van der Waals surface area contributed by atoms with Crippen LogP contribution in [0.5, 0.6) is 0 Å². The fourth-order valence-corrected chi connectivity index (χ4v) is 5.75. The molecule has 0 unspecified atom stereocenters. The molecule has 0 heterocycles. The number of esters is 2. The zero-order chi connectivity index (χ0) is 31.6. The predicted octanol–water partition coefficient (Wildman–Crippen LogP) is 12.7. The first-order valence-corrected chi connectivity index (χ1v) is 19.2. The van der Waals surface area contributed by atoms with Crippen molar-refractivity contribution in [3.05, 3.63) is 0 Å². The van der Waals surface area contributed by atoms with Crippen LogP contribution in [0.15, 0.2) is 0 Å². The van der Waals surface area contributed by atoms with Gasteiger partial charge in [0.2, 0.25) is 0 Å². The third-order valence-corrected chi connectivity index (χ3v) is 8.64. The Morgan fingerprint density at radius 2 is 0.581 bits per heavy atom. The summed E-state index contributed by atoms with van der Waals surface area (Å²) in [6.45, 7) is 9.96. The molecule has 43 heavy (non-hydrogen) atoms. The minimum Gasteiger partial charge on any atom is -0.466 e. The van der Waals surface area contributed by atoms with Crippen molar-refractivity contribution in [3.63, 3.8) is 0 Å². The Morgan fingerprint density at radius 1 is 0.349 bits per heavy atom. The highest BCUT2D eigenvalue weighted by atomic mass is 16.5. The second-order valence-electron chi connectivity index (χ2n) is 14.1.